The average Bonchev–Trinajstić information content (AvgIpc) is 2.39. The minimum atomic E-state index is -4.45. The Balaban J connectivity index is 2.76. The van der Waals surface area contributed by atoms with Gasteiger partial charge in [-0.2, -0.15) is 13.2 Å². The van der Waals surface area contributed by atoms with Crippen LogP contribution in [0.3, 0.4) is 0 Å². The van der Waals surface area contributed by atoms with Crippen molar-refractivity contribution >= 4 is 5.69 Å². The van der Waals surface area contributed by atoms with Crippen LogP contribution in [0.4, 0.5) is 18.9 Å². The maximum atomic E-state index is 12.9. The minimum Gasteiger partial charge on any atom is -0.493 e. The summed E-state index contributed by atoms with van der Waals surface area (Å²) in [5.74, 6) is 0.148. The number of nitrogen functional groups attached to an aromatic ring is 1. The zero-order chi connectivity index (χ0) is 15.2. The smallest absolute Gasteiger partial charge is 0.420 e. The molecule has 114 valence electrons. The van der Waals surface area contributed by atoms with Crippen LogP contribution < -0.4 is 10.5 Å². The Morgan fingerprint density at radius 1 is 1.25 bits per heavy atom. The van der Waals surface area contributed by atoms with Gasteiger partial charge in [-0.15, -0.1) is 0 Å². The molecule has 2 N–H and O–H groups in total. The van der Waals surface area contributed by atoms with Crippen LogP contribution >= 0.6 is 0 Å². The highest BCUT2D eigenvalue weighted by Crippen LogP contribution is 2.37. The van der Waals surface area contributed by atoms with Gasteiger partial charge in [-0.05, 0) is 30.5 Å². The van der Waals surface area contributed by atoms with E-state index in [0.29, 0.717) is 6.61 Å². The predicted molar refractivity (Wildman–Crippen MR) is 74.7 cm³/mol. The van der Waals surface area contributed by atoms with E-state index in [2.05, 4.69) is 6.92 Å². The number of anilines is 1. The van der Waals surface area contributed by atoms with E-state index >= 15 is 0 Å². The first-order chi connectivity index (χ1) is 9.38. The van der Waals surface area contributed by atoms with Crippen LogP contribution in [0.1, 0.15) is 45.1 Å². The topological polar surface area (TPSA) is 35.2 Å². The summed E-state index contributed by atoms with van der Waals surface area (Å²) < 4.78 is 44.1. The van der Waals surface area contributed by atoms with E-state index in [4.69, 9.17) is 10.5 Å². The molecule has 1 unspecified atom stereocenters. The molecule has 1 aromatic rings. The van der Waals surface area contributed by atoms with Crippen LogP contribution in [0.15, 0.2) is 18.2 Å². The Labute approximate surface area is 118 Å². The molecule has 0 spiro atoms. The zero-order valence-corrected chi connectivity index (χ0v) is 12.0. The third-order valence-corrected chi connectivity index (χ3v) is 3.33. The van der Waals surface area contributed by atoms with Gasteiger partial charge in [0.15, 0.2) is 0 Å². The first-order valence-corrected chi connectivity index (χ1v) is 6.98. The number of ether oxygens (including phenoxy) is 1. The molecule has 20 heavy (non-hydrogen) atoms. The Bertz CT molecular complexity index is 418. The van der Waals surface area contributed by atoms with Gasteiger partial charge in [0, 0.05) is 5.69 Å². The highest BCUT2D eigenvalue weighted by Gasteiger charge is 2.34. The van der Waals surface area contributed by atoms with E-state index < -0.39 is 11.7 Å². The summed E-state index contributed by atoms with van der Waals surface area (Å²) in [6, 6.07) is 3.64. The van der Waals surface area contributed by atoms with Gasteiger partial charge in [-0.25, -0.2) is 0 Å². The van der Waals surface area contributed by atoms with Gasteiger partial charge < -0.3 is 10.5 Å². The number of benzene rings is 1. The number of hydrogen-bond donors (Lipinski definition) is 1. The molecule has 0 aromatic heterocycles. The lowest BCUT2D eigenvalue weighted by atomic mass is 10.0. The van der Waals surface area contributed by atoms with Gasteiger partial charge in [0.2, 0.25) is 0 Å². The molecule has 0 heterocycles. The molecule has 0 radical (unpaired) electrons. The molecule has 0 aliphatic heterocycles. The van der Waals surface area contributed by atoms with Gasteiger partial charge in [0.05, 0.1) is 12.2 Å². The van der Waals surface area contributed by atoms with Crippen molar-refractivity contribution < 1.29 is 17.9 Å². The van der Waals surface area contributed by atoms with Gasteiger partial charge in [0.1, 0.15) is 5.75 Å². The highest BCUT2D eigenvalue weighted by molar-refractivity contribution is 5.49. The number of alkyl halides is 3. The lowest BCUT2D eigenvalue weighted by molar-refractivity contribution is -0.139. The number of unbranched alkanes of at least 4 members (excludes halogenated alkanes) is 1. The first kappa shape index (κ1) is 16.7. The standard InChI is InChI=1S/C15H22F3NO/c1-3-5-6-11(4-2)10-20-14-8-7-12(19)9-13(14)15(16,17)18/h7-9,11H,3-6,10,19H2,1-2H3. The largest absolute Gasteiger partial charge is 0.493 e. The number of nitrogens with two attached hydrogens (primary N) is 1. The van der Waals surface area contributed by atoms with Crippen molar-refractivity contribution in [2.75, 3.05) is 12.3 Å². The van der Waals surface area contributed by atoms with E-state index in [9.17, 15) is 13.2 Å². The molecular formula is C15H22F3NO. The number of halogens is 3. The lowest BCUT2D eigenvalue weighted by Gasteiger charge is -2.18. The van der Waals surface area contributed by atoms with Crippen molar-refractivity contribution in [3.8, 4) is 5.75 Å². The van der Waals surface area contributed by atoms with Crippen LogP contribution in [-0.4, -0.2) is 6.61 Å². The molecule has 0 fully saturated rings. The Morgan fingerprint density at radius 2 is 1.95 bits per heavy atom. The minimum absolute atomic E-state index is 0.0858. The summed E-state index contributed by atoms with van der Waals surface area (Å²) >= 11 is 0. The van der Waals surface area contributed by atoms with E-state index in [-0.39, 0.29) is 17.4 Å². The van der Waals surface area contributed by atoms with Crippen LogP contribution in [-0.2, 0) is 6.18 Å². The molecule has 5 heteroatoms. The van der Waals surface area contributed by atoms with Crippen molar-refractivity contribution in [1.82, 2.24) is 0 Å². The average molecular weight is 289 g/mol. The summed E-state index contributed by atoms with van der Waals surface area (Å²) in [4.78, 5) is 0. The third kappa shape index (κ3) is 4.94. The fourth-order valence-electron chi connectivity index (χ4n) is 2.00. The molecule has 0 bridgehead atoms. The number of hydrogen-bond acceptors (Lipinski definition) is 2. The van der Waals surface area contributed by atoms with E-state index in [1.165, 1.54) is 12.1 Å². The monoisotopic (exact) mass is 289 g/mol. The molecule has 0 aliphatic carbocycles. The maximum Gasteiger partial charge on any atom is 0.420 e. The van der Waals surface area contributed by atoms with Crippen molar-refractivity contribution in [1.29, 1.82) is 0 Å². The molecule has 1 aromatic carbocycles. The van der Waals surface area contributed by atoms with Crippen LogP contribution in [0.2, 0.25) is 0 Å². The van der Waals surface area contributed by atoms with Crippen LogP contribution in [0.5, 0.6) is 5.75 Å². The highest BCUT2D eigenvalue weighted by atomic mass is 19.4. The summed E-state index contributed by atoms with van der Waals surface area (Å²) in [6.45, 7) is 4.43. The van der Waals surface area contributed by atoms with E-state index in [0.717, 1.165) is 31.7 Å². The Hall–Kier alpha value is -1.39. The van der Waals surface area contributed by atoms with E-state index in [1.54, 1.807) is 0 Å². The fraction of sp³-hybridized carbons (Fsp3) is 0.600. The summed E-state index contributed by atoms with van der Waals surface area (Å²) in [7, 11) is 0. The molecule has 0 saturated heterocycles. The summed E-state index contributed by atoms with van der Waals surface area (Å²) in [5, 5.41) is 0. The van der Waals surface area contributed by atoms with E-state index in [1.807, 2.05) is 6.92 Å². The first-order valence-electron chi connectivity index (χ1n) is 6.98. The lowest BCUT2D eigenvalue weighted by Crippen LogP contribution is -2.15. The molecule has 0 aliphatic rings. The predicted octanol–water partition coefficient (Wildman–Crippen LogP) is 4.88. The summed E-state index contributed by atoms with van der Waals surface area (Å²) in [6.07, 6.45) is -0.433. The molecule has 1 rings (SSSR count). The maximum absolute atomic E-state index is 12.9. The second kappa shape index (κ2) is 7.41. The Morgan fingerprint density at radius 3 is 2.50 bits per heavy atom. The van der Waals surface area contributed by atoms with Crippen molar-refractivity contribution in [3.63, 3.8) is 0 Å². The molecule has 2 nitrogen and oxygen atoms in total. The van der Waals surface area contributed by atoms with Crippen molar-refractivity contribution in [3.05, 3.63) is 23.8 Å². The van der Waals surface area contributed by atoms with Gasteiger partial charge in [0.25, 0.3) is 0 Å². The molecule has 0 amide bonds. The van der Waals surface area contributed by atoms with Crippen LogP contribution in [0, 0.1) is 5.92 Å². The van der Waals surface area contributed by atoms with Gasteiger partial charge >= 0.3 is 6.18 Å². The third-order valence-electron chi connectivity index (χ3n) is 3.33. The normalized spacial score (nSPS) is 13.2. The quantitative estimate of drug-likeness (QED) is 0.726. The fourth-order valence-corrected chi connectivity index (χ4v) is 2.00. The zero-order valence-electron chi connectivity index (χ0n) is 12.0. The second-order valence-corrected chi connectivity index (χ2v) is 4.98. The second-order valence-electron chi connectivity index (χ2n) is 4.98. The van der Waals surface area contributed by atoms with Crippen molar-refractivity contribution in [2.24, 2.45) is 5.92 Å². The summed E-state index contributed by atoms with van der Waals surface area (Å²) in [5.41, 5.74) is 4.70. The molecular weight excluding hydrogens is 267 g/mol. The molecule has 1 atom stereocenters. The van der Waals surface area contributed by atoms with Crippen molar-refractivity contribution in [2.45, 2.75) is 45.7 Å². The number of rotatable bonds is 7. The van der Waals surface area contributed by atoms with Gasteiger partial charge in [-0.1, -0.05) is 33.1 Å². The SMILES string of the molecule is CCCCC(CC)COc1ccc(N)cc1C(F)(F)F. The Kier molecular flexibility index (Phi) is 6.17. The van der Waals surface area contributed by atoms with Crippen LogP contribution in [0.25, 0.3) is 0 Å². The van der Waals surface area contributed by atoms with Gasteiger partial charge in [-0.3, -0.25) is 0 Å². The molecule has 0 saturated carbocycles.